The third kappa shape index (κ3) is 2.54. The van der Waals surface area contributed by atoms with Crippen LogP contribution < -0.4 is 9.47 Å². The average molecular weight is 269 g/mol. The largest absolute Gasteiger partial charge is 0.496 e. The van der Waals surface area contributed by atoms with Gasteiger partial charge in [0.25, 0.3) is 0 Å². The van der Waals surface area contributed by atoms with Gasteiger partial charge >= 0.3 is 0 Å². The molecule has 0 N–H and O–H groups in total. The molecule has 0 saturated heterocycles. The summed E-state index contributed by atoms with van der Waals surface area (Å²) in [7, 11) is 3.22. The minimum absolute atomic E-state index is 0.140. The normalized spacial score (nSPS) is 9.95. The van der Waals surface area contributed by atoms with E-state index < -0.39 is 0 Å². The van der Waals surface area contributed by atoms with Crippen LogP contribution in [-0.2, 0) is 0 Å². The van der Waals surface area contributed by atoms with E-state index in [1.54, 1.807) is 14.2 Å². The van der Waals surface area contributed by atoms with E-state index in [1.807, 2.05) is 38.1 Å². The molecule has 0 aliphatic heterocycles. The zero-order chi connectivity index (χ0) is 14.7. The second-order valence-electron chi connectivity index (χ2n) is 4.35. The van der Waals surface area contributed by atoms with Crippen molar-refractivity contribution in [1.82, 2.24) is 9.97 Å². The summed E-state index contributed by atoms with van der Waals surface area (Å²) < 4.78 is 10.7. The third-order valence-electron chi connectivity index (χ3n) is 2.95. The molecule has 0 fully saturated rings. The number of aryl methyl sites for hydroxylation is 2. The van der Waals surface area contributed by atoms with Crippen LogP contribution in [0.4, 0.5) is 0 Å². The number of benzene rings is 1. The highest BCUT2D eigenvalue weighted by Crippen LogP contribution is 2.35. The van der Waals surface area contributed by atoms with E-state index in [9.17, 15) is 0 Å². The summed E-state index contributed by atoms with van der Waals surface area (Å²) in [5.74, 6) is 1.57. The molecule has 5 heteroatoms. The van der Waals surface area contributed by atoms with Gasteiger partial charge in [-0.25, -0.2) is 9.97 Å². The van der Waals surface area contributed by atoms with Crippen molar-refractivity contribution in [2.24, 2.45) is 0 Å². The molecule has 2 aromatic rings. The van der Waals surface area contributed by atoms with Crippen LogP contribution >= 0.6 is 0 Å². The van der Waals surface area contributed by atoms with E-state index >= 15 is 0 Å². The molecular weight excluding hydrogens is 254 g/mol. The molecule has 1 heterocycles. The molecule has 0 spiro atoms. The quantitative estimate of drug-likeness (QED) is 0.856. The van der Waals surface area contributed by atoms with Crippen LogP contribution in [-0.4, -0.2) is 24.2 Å². The van der Waals surface area contributed by atoms with Crippen LogP contribution in [0.1, 0.15) is 17.1 Å². The molecule has 102 valence electrons. The first-order chi connectivity index (χ1) is 9.58. The number of methoxy groups -OCH3 is 2. The molecule has 0 bridgehead atoms. The van der Waals surface area contributed by atoms with Gasteiger partial charge in [0.2, 0.25) is 5.82 Å². The first-order valence-corrected chi connectivity index (χ1v) is 6.07. The topological polar surface area (TPSA) is 68.0 Å². The summed E-state index contributed by atoms with van der Waals surface area (Å²) in [6.45, 7) is 3.76. The van der Waals surface area contributed by atoms with E-state index in [4.69, 9.17) is 14.7 Å². The SMILES string of the molecule is COc1cc(-c2cc(C)nc(C#N)n2)c(OC)cc1C. The molecular formula is C15H15N3O2. The molecule has 1 aromatic heterocycles. The highest BCUT2D eigenvalue weighted by molar-refractivity contribution is 5.70. The number of aromatic nitrogens is 2. The Bertz CT molecular complexity index is 690. The Hall–Kier alpha value is -2.61. The average Bonchev–Trinajstić information content (AvgIpc) is 2.46. The lowest BCUT2D eigenvalue weighted by Crippen LogP contribution is -1.98. The molecule has 0 aliphatic carbocycles. The van der Waals surface area contributed by atoms with Crippen molar-refractivity contribution >= 4 is 0 Å². The van der Waals surface area contributed by atoms with Gasteiger partial charge in [0.15, 0.2) is 0 Å². The van der Waals surface area contributed by atoms with Crippen LogP contribution in [0.25, 0.3) is 11.3 Å². The van der Waals surface area contributed by atoms with Crippen LogP contribution in [0.2, 0.25) is 0 Å². The molecule has 1 aromatic carbocycles. The Balaban J connectivity index is 2.68. The lowest BCUT2D eigenvalue weighted by molar-refractivity contribution is 0.401. The molecule has 20 heavy (non-hydrogen) atoms. The molecule has 0 saturated carbocycles. The molecule has 0 atom stereocenters. The van der Waals surface area contributed by atoms with Gasteiger partial charge in [0.05, 0.1) is 19.9 Å². The molecule has 0 radical (unpaired) electrons. The van der Waals surface area contributed by atoms with Crippen LogP contribution in [0.5, 0.6) is 11.5 Å². The third-order valence-corrected chi connectivity index (χ3v) is 2.95. The summed E-state index contributed by atoms with van der Waals surface area (Å²) >= 11 is 0. The van der Waals surface area contributed by atoms with Gasteiger partial charge in [-0.1, -0.05) is 0 Å². The number of hydrogen-bond donors (Lipinski definition) is 0. The van der Waals surface area contributed by atoms with Crippen molar-refractivity contribution in [3.8, 4) is 28.8 Å². The predicted molar refractivity (Wildman–Crippen MR) is 74.8 cm³/mol. The summed E-state index contributed by atoms with van der Waals surface area (Å²) in [5, 5.41) is 8.97. The van der Waals surface area contributed by atoms with Gasteiger partial charge in [-0.05, 0) is 37.6 Å². The van der Waals surface area contributed by atoms with Crippen molar-refractivity contribution in [3.63, 3.8) is 0 Å². The fourth-order valence-electron chi connectivity index (χ4n) is 2.01. The van der Waals surface area contributed by atoms with E-state index in [0.717, 1.165) is 22.6 Å². The molecule has 5 nitrogen and oxygen atoms in total. The Morgan fingerprint density at radius 1 is 1.00 bits per heavy atom. The zero-order valence-corrected chi connectivity index (χ0v) is 11.9. The maximum Gasteiger partial charge on any atom is 0.232 e. The van der Waals surface area contributed by atoms with E-state index in [2.05, 4.69) is 9.97 Å². The summed E-state index contributed by atoms with van der Waals surface area (Å²) in [6, 6.07) is 7.52. The molecule has 0 aliphatic rings. The van der Waals surface area contributed by atoms with Gasteiger partial charge in [0, 0.05) is 11.3 Å². The van der Waals surface area contributed by atoms with Gasteiger partial charge < -0.3 is 9.47 Å². The maximum absolute atomic E-state index is 8.97. The Kier molecular flexibility index (Phi) is 3.85. The van der Waals surface area contributed by atoms with Crippen molar-refractivity contribution in [2.45, 2.75) is 13.8 Å². The molecule has 0 amide bonds. The van der Waals surface area contributed by atoms with Gasteiger partial charge in [-0.15, -0.1) is 0 Å². The number of rotatable bonds is 3. The first kappa shape index (κ1) is 13.8. The van der Waals surface area contributed by atoms with Crippen LogP contribution in [0, 0.1) is 25.2 Å². The minimum atomic E-state index is 0.140. The van der Waals surface area contributed by atoms with E-state index in [-0.39, 0.29) is 5.82 Å². The maximum atomic E-state index is 8.97. The number of nitriles is 1. The van der Waals surface area contributed by atoms with Gasteiger partial charge in [-0.3, -0.25) is 0 Å². The van der Waals surface area contributed by atoms with Gasteiger partial charge in [-0.2, -0.15) is 5.26 Å². The minimum Gasteiger partial charge on any atom is -0.496 e. The predicted octanol–water partition coefficient (Wildman–Crippen LogP) is 2.65. The van der Waals surface area contributed by atoms with Crippen molar-refractivity contribution in [1.29, 1.82) is 5.26 Å². The second kappa shape index (κ2) is 5.57. The number of ether oxygens (including phenoxy) is 2. The summed E-state index contributed by atoms with van der Waals surface area (Å²) in [5.41, 5.74) is 3.12. The number of nitrogens with zero attached hydrogens (tertiary/aromatic N) is 3. The number of hydrogen-bond acceptors (Lipinski definition) is 5. The highest BCUT2D eigenvalue weighted by atomic mass is 16.5. The van der Waals surface area contributed by atoms with Crippen molar-refractivity contribution in [3.05, 3.63) is 35.3 Å². The standard InChI is InChI=1S/C15H15N3O2/c1-9-5-14(20-4)11(7-13(9)19-3)12-6-10(2)17-15(8-16)18-12/h5-7H,1-4H3. The monoisotopic (exact) mass is 269 g/mol. The summed E-state index contributed by atoms with van der Waals surface area (Å²) in [6.07, 6.45) is 0. The van der Waals surface area contributed by atoms with E-state index in [1.165, 1.54) is 0 Å². The Morgan fingerprint density at radius 2 is 1.70 bits per heavy atom. The molecule has 0 unspecified atom stereocenters. The summed E-state index contributed by atoms with van der Waals surface area (Å²) in [4.78, 5) is 8.28. The second-order valence-corrected chi connectivity index (χ2v) is 4.35. The van der Waals surface area contributed by atoms with Crippen LogP contribution in [0.15, 0.2) is 18.2 Å². The Morgan fingerprint density at radius 3 is 2.30 bits per heavy atom. The van der Waals surface area contributed by atoms with Crippen molar-refractivity contribution in [2.75, 3.05) is 14.2 Å². The Labute approximate surface area is 117 Å². The van der Waals surface area contributed by atoms with Crippen LogP contribution in [0.3, 0.4) is 0 Å². The highest BCUT2D eigenvalue weighted by Gasteiger charge is 2.13. The lowest BCUT2D eigenvalue weighted by atomic mass is 10.1. The lowest BCUT2D eigenvalue weighted by Gasteiger charge is -2.13. The van der Waals surface area contributed by atoms with Gasteiger partial charge in [0.1, 0.15) is 17.6 Å². The van der Waals surface area contributed by atoms with Crippen molar-refractivity contribution < 1.29 is 9.47 Å². The fourth-order valence-corrected chi connectivity index (χ4v) is 2.01. The fraction of sp³-hybridized carbons (Fsp3) is 0.267. The molecule has 2 rings (SSSR count). The zero-order valence-electron chi connectivity index (χ0n) is 11.9. The smallest absolute Gasteiger partial charge is 0.232 e. The first-order valence-electron chi connectivity index (χ1n) is 6.07. The van der Waals surface area contributed by atoms with E-state index in [0.29, 0.717) is 11.4 Å².